The molecule has 0 aromatic carbocycles. The summed E-state index contributed by atoms with van der Waals surface area (Å²) in [4.78, 5) is 12.3. The fraction of sp³-hybridized carbons (Fsp3) is 0.867. The summed E-state index contributed by atoms with van der Waals surface area (Å²) >= 11 is 0. The number of rotatable bonds is 3. The SMILES string of the molecule is CCC1CCC(C#N)(NC(=O)C2OCCC2C)CC1. The first kappa shape index (κ1) is 14.3. The molecule has 1 N–H and O–H groups in total. The van der Waals surface area contributed by atoms with Crippen LogP contribution in [0.2, 0.25) is 0 Å². The van der Waals surface area contributed by atoms with Crippen LogP contribution in [0.5, 0.6) is 0 Å². The standard InChI is InChI=1S/C15H24N2O2/c1-3-12-4-7-15(10-16,8-5-12)17-14(18)13-11(2)6-9-19-13/h11-13H,3-9H2,1-2H3,(H,17,18). The first-order chi connectivity index (χ1) is 9.10. The summed E-state index contributed by atoms with van der Waals surface area (Å²) in [6, 6.07) is 2.34. The van der Waals surface area contributed by atoms with Crippen molar-refractivity contribution < 1.29 is 9.53 Å². The van der Waals surface area contributed by atoms with Gasteiger partial charge in [-0.25, -0.2) is 0 Å². The van der Waals surface area contributed by atoms with Gasteiger partial charge in [-0.1, -0.05) is 20.3 Å². The Bertz CT molecular complexity index is 367. The summed E-state index contributed by atoms with van der Waals surface area (Å²) < 4.78 is 5.48. The first-order valence-electron chi connectivity index (χ1n) is 7.45. The van der Waals surface area contributed by atoms with Crippen molar-refractivity contribution in [1.82, 2.24) is 5.32 Å². The van der Waals surface area contributed by atoms with Gasteiger partial charge in [0.2, 0.25) is 0 Å². The Balaban J connectivity index is 1.96. The van der Waals surface area contributed by atoms with Crippen molar-refractivity contribution in [2.75, 3.05) is 6.61 Å². The lowest BCUT2D eigenvalue weighted by molar-refractivity contribution is -0.133. The molecule has 1 heterocycles. The van der Waals surface area contributed by atoms with Gasteiger partial charge >= 0.3 is 0 Å². The second-order valence-electron chi connectivity index (χ2n) is 6.09. The van der Waals surface area contributed by atoms with Crippen LogP contribution >= 0.6 is 0 Å². The molecule has 4 nitrogen and oxygen atoms in total. The zero-order valence-electron chi connectivity index (χ0n) is 11.9. The van der Waals surface area contributed by atoms with Crippen LogP contribution in [0.3, 0.4) is 0 Å². The molecule has 0 radical (unpaired) electrons. The van der Waals surface area contributed by atoms with E-state index in [9.17, 15) is 10.1 Å². The maximum atomic E-state index is 12.3. The first-order valence-corrected chi connectivity index (χ1v) is 7.45. The van der Waals surface area contributed by atoms with E-state index in [0.717, 1.165) is 38.5 Å². The monoisotopic (exact) mass is 264 g/mol. The highest BCUT2D eigenvalue weighted by molar-refractivity contribution is 5.82. The van der Waals surface area contributed by atoms with E-state index in [2.05, 4.69) is 18.3 Å². The minimum atomic E-state index is -0.658. The van der Waals surface area contributed by atoms with E-state index in [1.54, 1.807) is 0 Å². The smallest absolute Gasteiger partial charge is 0.250 e. The molecule has 1 saturated carbocycles. The number of carbonyl (C=O) groups excluding carboxylic acids is 1. The fourth-order valence-corrected chi connectivity index (χ4v) is 3.18. The van der Waals surface area contributed by atoms with Crippen LogP contribution in [0.25, 0.3) is 0 Å². The zero-order valence-corrected chi connectivity index (χ0v) is 11.9. The highest BCUT2D eigenvalue weighted by Crippen LogP contribution is 2.34. The minimum Gasteiger partial charge on any atom is -0.368 e. The van der Waals surface area contributed by atoms with Gasteiger partial charge in [-0.2, -0.15) is 5.26 Å². The van der Waals surface area contributed by atoms with Gasteiger partial charge in [-0.3, -0.25) is 4.79 Å². The number of hydrogen-bond donors (Lipinski definition) is 1. The van der Waals surface area contributed by atoms with E-state index in [0.29, 0.717) is 12.5 Å². The molecule has 1 aliphatic heterocycles. The molecule has 4 heteroatoms. The second-order valence-corrected chi connectivity index (χ2v) is 6.09. The Kier molecular flexibility index (Phi) is 4.46. The van der Waals surface area contributed by atoms with Gasteiger partial charge in [0.05, 0.1) is 6.07 Å². The fourth-order valence-electron chi connectivity index (χ4n) is 3.18. The molecule has 1 aliphatic carbocycles. The van der Waals surface area contributed by atoms with Gasteiger partial charge in [-0.15, -0.1) is 0 Å². The third-order valence-electron chi connectivity index (χ3n) is 4.76. The van der Waals surface area contributed by atoms with Crippen LogP contribution in [0, 0.1) is 23.2 Å². The van der Waals surface area contributed by atoms with Crippen molar-refractivity contribution in [3.8, 4) is 6.07 Å². The van der Waals surface area contributed by atoms with Crippen LogP contribution in [0.4, 0.5) is 0 Å². The maximum absolute atomic E-state index is 12.3. The number of carbonyl (C=O) groups is 1. The van der Waals surface area contributed by atoms with Gasteiger partial charge in [0.1, 0.15) is 11.6 Å². The van der Waals surface area contributed by atoms with Crippen molar-refractivity contribution in [2.45, 2.75) is 64.0 Å². The Hall–Kier alpha value is -1.08. The number of nitriles is 1. The average Bonchev–Trinajstić information content (AvgIpc) is 2.86. The minimum absolute atomic E-state index is 0.0958. The van der Waals surface area contributed by atoms with Crippen LogP contribution < -0.4 is 5.32 Å². The van der Waals surface area contributed by atoms with Crippen molar-refractivity contribution in [2.24, 2.45) is 11.8 Å². The summed E-state index contributed by atoms with van der Waals surface area (Å²) in [7, 11) is 0. The van der Waals surface area contributed by atoms with E-state index in [-0.39, 0.29) is 17.9 Å². The highest BCUT2D eigenvalue weighted by atomic mass is 16.5. The van der Waals surface area contributed by atoms with Gasteiger partial charge < -0.3 is 10.1 Å². The summed E-state index contributed by atoms with van der Waals surface area (Å²) in [5.74, 6) is 0.865. The molecule has 2 fully saturated rings. The van der Waals surface area contributed by atoms with Crippen LogP contribution in [0.1, 0.15) is 52.4 Å². The topological polar surface area (TPSA) is 62.1 Å². The Morgan fingerprint density at radius 1 is 1.42 bits per heavy atom. The molecule has 2 atom stereocenters. The molecule has 2 rings (SSSR count). The third kappa shape index (κ3) is 3.09. The number of nitrogens with zero attached hydrogens (tertiary/aromatic N) is 1. The average molecular weight is 264 g/mol. The quantitative estimate of drug-likeness (QED) is 0.851. The predicted octanol–water partition coefficient (Wildman–Crippen LogP) is 2.39. The zero-order chi connectivity index (χ0) is 13.9. The third-order valence-corrected chi connectivity index (χ3v) is 4.76. The van der Waals surface area contributed by atoms with E-state index < -0.39 is 5.54 Å². The molecule has 1 saturated heterocycles. The summed E-state index contributed by atoms with van der Waals surface area (Å²) in [5, 5.41) is 12.4. The lowest BCUT2D eigenvalue weighted by Gasteiger charge is -2.36. The molecule has 2 aliphatic rings. The molecule has 0 bridgehead atoms. The highest BCUT2D eigenvalue weighted by Gasteiger charge is 2.40. The lowest BCUT2D eigenvalue weighted by atomic mass is 9.76. The van der Waals surface area contributed by atoms with Crippen LogP contribution in [0.15, 0.2) is 0 Å². The molecule has 2 unspecified atom stereocenters. The van der Waals surface area contributed by atoms with Gasteiger partial charge in [0, 0.05) is 6.61 Å². The number of nitrogens with one attached hydrogen (secondary N) is 1. The molecule has 0 spiro atoms. The molecule has 106 valence electrons. The largest absolute Gasteiger partial charge is 0.368 e. The van der Waals surface area contributed by atoms with Gasteiger partial charge in [0.15, 0.2) is 0 Å². The molecule has 1 amide bonds. The van der Waals surface area contributed by atoms with Crippen molar-refractivity contribution >= 4 is 5.91 Å². The Morgan fingerprint density at radius 3 is 2.58 bits per heavy atom. The van der Waals surface area contributed by atoms with Crippen LogP contribution in [-0.4, -0.2) is 24.2 Å². The van der Waals surface area contributed by atoms with Crippen molar-refractivity contribution in [1.29, 1.82) is 5.26 Å². The van der Waals surface area contributed by atoms with Crippen LogP contribution in [-0.2, 0) is 9.53 Å². The molecule has 19 heavy (non-hydrogen) atoms. The van der Waals surface area contributed by atoms with E-state index in [4.69, 9.17) is 4.74 Å². The van der Waals surface area contributed by atoms with Gasteiger partial charge in [0.25, 0.3) is 5.91 Å². The molecular weight excluding hydrogens is 240 g/mol. The summed E-state index contributed by atoms with van der Waals surface area (Å²) in [6.07, 6.45) is 5.34. The summed E-state index contributed by atoms with van der Waals surface area (Å²) in [6.45, 7) is 4.87. The van der Waals surface area contributed by atoms with Crippen molar-refractivity contribution in [3.05, 3.63) is 0 Å². The molecule has 0 aromatic rings. The predicted molar refractivity (Wildman–Crippen MR) is 72.3 cm³/mol. The van der Waals surface area contributed by atoms with E-state index in [1.165, 1.54) is 0 Å². The maximum Gasteiger partial charge on any atom is 0.250 e. The van der Waals surface area contributed by atoms with Crippen molar-refractivity contribution in [3.63, 3.8) is 0 Å². The Labute approximate surface area is 115 Å². The number of hydrogen-bond acceptors (Lipinski definition) is 3. The lowest BCUT2D eigenvalue weighted by Crippen LogP contribution is -2.53. The van der Waals surface area contributed by atoms with E-state index >= 15 is 0 Å². The van der Waals surface area contributed by atoms with E-state index in [1.807, 2.05) is 6.92 Å². The normalized spacial score (nSPS) is 38.7. The number of amides is 1. The second kappa shape index (κ2) is 5.92. The molecule has 0 aromatic heterocycles. The van der Waals surface area contributed by atoms with Gasteiger partial charge in [-0.05, 0) is 43.9 Å². The Morgan fingerprint density at radius 2 is 2.11 bits per heavy atom. The molecular formula is C15H24N2O2. The summed E-state index contributed by atoms with van der Waals surface area (Å²) in [5.41, 5.74) is -0.658. The number of ether oxygens (including phenoxy) is 1.